The Balaban J connectivity index is 1.32. The lowest BCUT2D eigenvalue weighted by Gasteiger charge is -2.14. The van der Waals surface area contributed by atoms with Crippen molar-refractivity contribution in [2.75, 3.05) is 11.9 Å². The Morgan fingerprint density at radius 1 is 0.897 bits per heavy atom. The molecule has 0 atom stereocenters. The minimum atomic E-state index is -0.504. The van der Waals surface area contributed by atoms with Crippen LogP contribution in [0.2, 0.25) is 0 Å². The maximum absolute atomic E-state index is 12.4. The highest BCUT2D eigenvalue weighted by Crippen LogP contribution is 2.44. The molecule has 1 amide bonds. The number of benzene rings is 3. The van der Waals surface area contributed by atoms with Gasteiger partial charge < -0.3 is 9.72 Å². The molecular weight excluding hydrogens is 364 g/mol. The van der Waals surface area contributed by atoms with Gasteiger partial charge in [0.1, 0.15) is 6.61 Å². The van der Waals surface area contributed by atoms with Crippen LogP contribution in [0.3, 0.4) is 0 Å². The first-order valence-electron chi connectivity index (χ1n) is 9.44. The standard InChI is InChI=1S/C24H18N2O3/c27-23-12-9-15-13-16(10-11-22(15)26-23)25-24(28)29-14-21-19-7-3-1-5-17(19)18-6-2-4-8-20(18)21/h1-13,21H,14H2,(H,25,28)(H,26,27). The number of rotatable bonds is 3. The van der Waals surface area contributed by atoms with E-state index in [9.17, 15) is 9.59 Å². The van der Waals surface area contributed by atoms with E-state index in [0.717, 1.165) is 10.9 Å². The quantitative estimate of drug-likeness (QED) is 0.530. The zero-order valence-corrected chi connectivity index (χ0v) is 15.5. The summed E-state index contributed by atoms with van der Waals surface area (Å²) in [5.41, 5.74) is 5.92. The van der Waals surface area contributed by atoms with Crippen molar-refractivity contribution in [2.45, 2.75) is 5.92 Å². The third-order valence-electron chi connectivity index (χ3n) is 5.31. The summed E-state index contributed by atoms with van der Waals surface area (Å²) in [5, 5.41) is 3.60. The van der Waals surface area contributed by atoms with Crippen LogP contribution in [-0.2, 0) is 4.74 Å². The molecule has 0 radical (unpaired) electrons. The summed E-state index contributed by atoms with van der Waals surface area (Å²) in [4.78, 5) is 26.5. The van der Waals surface area contributed by atoms with Gasteiger partial charge in [0.05, 0.1) is 0 Å². The number of anilines is 1. The van der Waals surface area contributed by atoms with E-state index in [2.05, 4.69) is 34.6 Å². The number of aromatic amines is 1. The SMILES string of the molecule is O=C(Nc1ccc2[nH]c(=O)ccc2c1)OCC1c2ccccc2-c2ccccc21. The zero-order chi connectivity index (χ0) is 19.8. The molecule has 5 heteroatoms. The number of carbonyl (C=O) groups is 1. The van der Waals surface area contributed by atoms with E-state index in [4.69, 9.17) is 4.74 Å². The lowest BCUT2D eigenvalue weighted by atomic mass is 9.98. The molecule has 5 nitrogen and oxygen atoms in total. The highest BCUT2D eigenvalue weighted by atomic mass is 16.5. The lowest BCUT2D eigenvalue weighted by molar-refractivity contribution is 0.158. The van der Waals surface area contributed by atoms with Gasteiger partial charge >= 0.3 is 6.09 Å². The molecule has 0 spiro atoms. The van der Waals surface area contributed by atoms with Crippen LogP contribution in [0, 0.1) is 0 Å². The maximum Gasteiger partial charge on any atom is 0.411 e. The molecule has 0 saturated heterocycles. The summed E-state index contributed by atoms with van der Waals surface area (Å²) in [5.74, 6) is 0.0230. The maximum atomic E-state index is 12.4. The van der Waals surface area contributed by atoms with Crippen LogP contribution in [0.15, 0.2) is 83.7 Å². The third-order valence-corrected chi connectivity index (χ3v) is 5.31. The smallest absolute Gasteiger partial charge is 0.411 e. The van der Waals surface area contributed by atoms with Crippen molar-refractivity contribution in [2.24, 2.45) is 0 Å². The highest BCUT2D eigenvalue weighted by Gasteiger charge is 2.28. The van der Waals surface area contributed by atoms with E-state index in [-0.39, 0.29) is 18.1 Å². The molecule has 0 saturated carbocycles. The number of ether oxygens (including phenoxy) is 1. The molecule has 0 bridgehead atoms. The molecule has 2 N–H and O–H groups in total. The molecule has 0 unspecified atom stereocenters. The van der Waals surface area contributed by atoms with Gasteiger partial charge in [0.2, 0.25) is 5.56 Å². The summed E-state index contributed by atoms with van der Waals surface area (Å²) in [6, 6.07) is 24.9. The van der Waals surface area contributed by atoms with E-state index >= 15 is 0 Å². The number of aromatic nitrogens is 1. The van der Waals surface area contributed by atoms with E-state index in [0.29, 0.717) is 5.69 Å². The average molecular weight is 382 g/mol. The summed E-state index contributed by atoms with van der Waals surface area (Å²) < 4.78 is 5.57. The van der Waals surface area contributed by atoms with Crippen molar-refractivity contribution in [3.63, 3.8) is 0 Å². The Morgan fingerprint density at radius 3 is 2.31 bits per heavy atom. The van der Waals surface area contributed by atoms with Crippen LogP contribution in [-0.4, -0.2) is 17.7 Å². The zero-order valence-electron chi connectivity index (χ0n) is 15.5. The van der Waals surface area contributed by atoms with Gasteiger partial charge in [0, 0.05) is 28.6 Å². The first-order valence-corrected chi connectivity index (χ1v) is 9.44. The van der Waals surface area contributed by atoms with Gasteiger partial charge in [-0.1, -0.05) is 48.5 Å². The third kappa shape index (κ3) is 3.17. The van der Waals surface area contributed by atoms with Gasteiger partial charge in [-0.25, -0.2) is 4.79 Å². The Kier molecular flexibility index (Phi) is 4.13. The fraction of sp³-hybridized carbons (Fsp3) is 0.0833. The second-order valence-electron chi connectivity index (χ2n) is 7.08. The van der Waals surface area contributed by atoms with Gasteiger partial charge in [-0.3, -0.25) is 10.1 Å². The molecule has 1 heterocycles. The molecule has 142 valence electrons. The number of fused-ring (bicyclic) bond motifs is 4. The minimum absolute atomic E-state index is 0.0230. The molecule has 0 aliphatic heterocycles. The van der Waals surface area contributed by atoms with Crippen molar-refractivity contribution < 1.29 is 9.53 Å². The average Bonchev–Trinajstić information content (AvgIpc) is 3.06. The van der Waals surface area contributed by atoms with Crippen LogP contribution in [0.5, 0.6) is 0 Å². The Hall–Kier alpha value is -3.86. The lowest BCUT2D eigenvalue weighted by Crippen LogP contribution is -2.17. The van der Waals surface area contributed by atoms with Crippen molar-refractivity contribution >= 4 is 22.7 Å². The number of hydrogen-bond donors (Lipinski definition) is 2. The van der Waals surface area contributed by atoms with Crippen LogP contribution >= 0.6 is 0 Å². The minimum Gasteiger partial charge on any atom is -0.448 e. The van der Waals surface area contributed by atoms with Gasteiger partial charge in [-0.05, 0) is 46.5 Å². The number of pyridine rings is 1. The fourth-order valence-electron chi connectivity index (χ4n) is 3.98. The van der Waals surface area contributed by atoms with Gasteiger partial charge in [-0.15, -0.1) is 0 Å². The molecular formula is C24H18N2O3. The van der Waals surface area contributed by atoms with Crippen molar-refractivity contribution in [1.82, 2.24) is 4.98 Å². The molecule has 1 aliphatic rings. The first-order chi connectivity index (χ1) is 14.2. The predicted octanol–water partition coefficient (Wildman–Crippen LogP) is 4.89. The highest BCUT2D eigenvalue weighted by molar-refractivity contribution is 5.90. The van der Waals surface area contributed by atoms with Gasteiger partial charge in [0.15, 0.2) is 0 Å². The van der Waals surface area contributed by atoms with E-state index in [1.807, 2.05) is 24.3 Å². The van der Waals surface area contributed by atoms with Crippen LogP contribution in [0.4, 0.5) is 10.5 Å². The largest absolute Gasteiger partial charge is 0.448 e. The topological polar surface area (TPSA) is 71.2 Å². The number of amides is 1. The number of hydrogen-bond acceptors (Lipinski definition) is 3. The van der Waals surface area contributed by atoms with E-state index in [1.54, 1.807) is 24.3 Å². The summed E-state index contributed by atoms with van der Waals surface area (Å²) in [6.07, 6.45) is -0.504. The van der Waals surface area contributed by atoms with Crippen LogP contribution < -0.4 is 10.9 Å². The van der Waals surface area contributed by atoms with E-state index < -0.39 is 6.09 Å². The second-order valence-corrected chi connectivity index (χ2v) is 7.08. The molecule has 1 aromatic heterocycles. The molecule has 29 heavy (non-hydrogen) atoms. The fourth-order valence-corrected chi connectivity index (χ4v) is 3.98. The van der Waals surface area contributed by atoms with Crippen LogP contribution in [0.1, 0.15) is 17.0 Å². The van der Waals surface area contributed by atoms with Gasteiger partial charge in [0.25, 0.3) is 0 Å². The number of nitrogens with one attached hydrogen (secondary N) is 2. The normalized spacial score (nSPS) is 12.4. The Morgan fingerprint density at radius 2 is 1.59 bits per heavy atom. The predicted molar refractivity (Wildman–Crippen MR) is 113 cm³/mol. The molecule has 4 aromatic rings. The summed E-state index contributed by atoms with van der Waals surface area (Å²) >= 11 is 0. The molecule has 0 fully saturated rings. The summed E-state index contributed by atoms with van der Waals surface area (Å²) in [7, 11) is 0. The van der Waals surface area contributed by atoms with Crippen LogP contribution in [0.25, 0.3) is 22.0 Å². The van der Waals surface area contributed by atoms with Crippen molar-refractivity contribution in [3.05, 3.63) is 100 Å². The Labute approximate surface area is 167 Å². The number of H-pyrrole nitrogens is 1. The second kappa shape index (κ2) is 6.95. The monoisotopic (exact) mass is 382 g/mol. The molecule has 3 aromatic carbocycles. The Bertz CT molecular complexity index is 1250. The molecule has 5 rings (SSSR count). The van der Waals surface area contributed by atoms with E-state index in [1.165, 1.54) is 28.3 Å². The molecule has 1 aliphatic carbocycles. The van der Waals surface area contributed by atoms with Crippen molar-refractivity contribution in [1.29, 1.82) is 0 Å². The van der Waals surface area contributed by atoms with Crippen molar-refractivity contribution in [3.8, 4) is 11.1 Å². The summed E-state index contributed by atoms with van der Waals surface area (Å²) in [6.45, 7) is 0.265. The first kappa shape index (κ1) is 17.3. The van der Waals surface area contributed by atoms with Gasteiger partial charge in [-0.2, -0.15) is 0 Å². The number of carbonyl (C=O) groups excluding carboxylic acids is 1.